The fourth-order valence-electron chi connectivity index (χ4n) is 1.33. The summed E-state index contributed by atoms with van der Waals surface area (Å²) in [6, 6.07) is 0. The van der Waals surface area contributed by atoms with Crippen LogP contribution in [0, 0.1) is 5.92 Å². The van der Waals surface area contributed by atoms with Crippen LogP contribution in [0.3, 0.4) is 0 Å². The summed E-state index contributed by atoms with van der Waals surface area (Å²) in [5, 5.41) is 0. The molecule has 0 fully saturated rings. The van der Waals surface area contributed by atoms with E-state index in [1.165, 1.54) is 25.7 Å². The first kappa shape index (κ1) is 12.9. The fraction of sp³-hybridized carbons (Fsp3) is 1.00. The lowest BCUT2D eigenvalue weighted by Gasteiger charge is -2.14. The van der Waals surface area contributed by atoms with Crippen LogP contribution < -0.4 is 5.73 Å². The Balaban J connectivity index is 3.25. The third-order valence-electron chi connectivity index (χ3n) is 2.39. The van der Waals surface area contributed by atoms with Crippen molar-refractivity contribution in [2.75, 3.05) is 19.8 Å². The lowest BCUT2D eigenvalue weighted by atomic mass is 10.0. The molecule has 0 saturated carbocycles. The summed E-state index contributed by atoms with van der Waals surface area (Å²) in [5.41, 5.74) is 5.38. The number of hydrogen-bond acceptors (Lipinski definition) is 2. The van der Waals surface area contributed by atoms with Gasteiger partial charge in [0.05, 0.1) is 0 Å². The van der Waals surface area contributed by atoms with Crippen LogP contribution in [0.25, 0.3) is 0 Å². The second-order valence-corrected chi connectivity index (χ2v) is 3.63. The standard InChI is InChI=1S/C11H25NO/c1-3-5-7-11(4-2)10-13-9-6-8-12/h11H,3-10,12H2,1-2H3/t11-/m1/s1. The van der Waals surface area contributed by atoms with Gasteiger partial charge in [-0.25, -0.2) is 0 Å². The number of hydrogen-bond donors (Lipinski definition) is 1. The fourth-order valence-corrected chi connectivity index (χ4v) is 1.33. The maximum atomic E-state index is 5.54. The van der Waals surface area contributed by atoms with E-state index in [9.17, 15) is 0 Å². The molecule has 13 heavy (non-hydrogen) atoms. The van der Waals surface area contributed by atoms with Crippen molar-refractivity contribution in [2.24, 2.45) is 11.7 Å². The molecule has 2 heteroatoms. The molecular formula is C11H25NO. The number of ether oxygens (including phenoxy) is 1. The predicted octanol–water partition coefficient (Wildman–Crippen LogP) is 2.57. The maximum Gasteiger partial charge on any atom is 0.0494 e. The van der Waals surface area contributed by atoms with Gasteiger partial charge in [-0.3, -0.25) is 0 Å². The largest absolute Gasteiger partial charge is 0.381 e. The van der Waals surface area contributed by atoms with Gasteiger partial charge in [0.15, 0.2) is 0 Å². The molecule has 2 N–H and O–H groups in total. The lowest BCUT2D eigenvalue weighted by Crippen LogP contribution is -2.11. The molecule has 0 spiro atoms. The zero-order valence-corrected chi connectivity index (χ0v) is 9.22. The van der Waals surface area contributed by atoms with Crippen LogP contribution in [0.15, 0.2) is 0 Å². The van der Waals surface area contributed by atoms with Crippen molar-refractivity contribution in [3.05, 3.63) is 0 Å². The topological polar surface area (TPSA) is 35.2 Å². The molecule has 0 aromatic rings. The Morgan fingerprint density at radius 2 is 2.00 bits per heavy atom. The smallest absolute Gasteiger partial charge is 0.0494 e. The minimum atomic E-state index is 0.742. The average molecular weight is 187 g/mol. The van der Waals surface area contributed by atoms with Crippen LogP contribution in [0.1, 0.15) is 46.0 Å². The summed E-state index contributed by atoms with van der Waals surface area (Å²) < 4.78 is 5.54. The minimum Gasteiger partial charge on any atom is -0.381 e. The van der Waals surface area contributed by atoms with Crippen LogP contribution in [0.4, 0.5) is 0 Å². The van der Waals surface area contributed by atoms with Crippen LogP contribution in [0.2, 0.25) is 0 Å². The first-order valence-electron chi connectivity index (χ1n) is 5.62. The third kappa shape index (κ3) is 8.26. The van der Waals surface area contributed by atoms with E-state index in [1.807, 2.05) is 0 Å². The first-order chi connectivity index (χ1) is 6.35. The molecular weight excluding hydrogens is 162 g/mol. The highest BCUT2D eigenvalue weighted by Gasteiger charge is 2.04. The Kier molecular flexibility index (Phi) is 9.94. The normalized spacial score (nSPS) is 13.2. The van der Waals surface area contributed by atoms with E-state index >= 15 is 0 Å². The van der Waals surface area contributed by atoms with Crippen molar-refractivity contribution >= 4 is 0 Å². The van der Waals surface area contributed by atoms with Crippen molar-refractivity contribution < 1.29 is 4.74 Å². The summed E-state index contributed by atoms with van der Waals surface area (Å²) >= 11 is 0. The lowest BCUT2D eigenvalue weighted by molar-refractivity contribution is 0.0933. The molecule has 0 aliphatic rings. The van der Waals surface area contributed by atoms with Crippen LogP contribution in [-0.4, -0.2) is 19.8 Å². The third-order valence-corrected chi connectivity index (χ3v) is 2.39. The summed E-state index contributed by atoms with van der Waals surface area (Å²) in [7, 11) is 0. The quantitative estimate of drug-likeness (QED) is 0.563. The van der Waals surface area contributed by atoms with Gasteiger partial charge >= 0.3 is 0 Å². The Bertz CT molecular complexity index is 96.1. The predicted molar refractivity (Wildman–Crippen MR) is 57.8 cm³/mol. The Morgan fingerprint density at radius 3 is 2.54 bits per heavy atom. The zero-order chi connectivity index (χ0) is 9.94. The second-order valence-electron chi connectivity index (χ2n) is 3.63. The van der Waals surface area contributed by atoms with Gasteiger partial charge in [0, 0.05) is 13.2 Å². The average Bonchev–Trinajstić information content (AvgIpc) is 2.17. The van der Waals surface area contributed by atoms with E-state index in [0.717, 1.165) is 32.1 Å². The molecule has 0 heterocycles. The number of nitrogens with two attached hydrogens (primary N) is 1. The summed E-state index contributed by atoms with van der Waals surface area (Å²) in [6.45, 7) is 6.98. The van der Waals surface area contributed by atoms with Gasteiger partial charge in [-0.15, -0.1) is 0 Å². The van der Waals surface area contributed by atoms with E-state index in [0.29, 0.717) is 0 Å². The highest BCUT2D eigenvalue weighted by Crippen LogP contribution is 2.12. The number of unbranched alkanes of at least 4 members (excludes halogenated alkanes) is 1. The van der Waals surface area contributed by atoms with Crippen LogP contribution >= 0.6 is 0 Å². The summed E-state index contributed by atoms with van der Waals surface area (Å²) in [4.78, 5) is 0. The molecule has 0 aromatic carbocycles. The molecule has 0 aromatic heterocycles. The van der Waals surface area contributed by atoms with Gasteiger partial charge in [-0.05, 0) is 25.3 Å². The molecule has 1 atom stereocenters. The zero-order valence-electron chi connectivity index (χ0n) is 9.22. The van der Waals surface area contributed by atoms with E-state index in [-0.39, 0.29) is 0 Å². The van der Waals surface area contributed by atoms with Crippen molar-refractivity contribution in [1.29, 1.82) is 0 Å². The molecule has 0 radical (unpaired) electrons. The van der Waals surface area contributed by atoms with Crippen molar-refractivity contribution in [1.82, 2.24) is 0 Å². The van der Waals surface area contributed by atoms with Gasteiger partial charge in [0.1, 0.15) is 0 Å². The number of rotatable bonds is 9. The molecule has 0 aliphatic heterocycles. The molecule has 2 nitrogen and oxygen atoms in total. The molecule has 0 unspecified atom stereocenters. The Labute approximate surface area is 82.8 Å². The van der Waals surface area contributed by atoms with Crippen LogP contribution in [0.5, 0.6) is 0 Å². The Hall–Kier alpha value is -0.0800. The highest BCUT2D eigenvalue weighted by atomic mass is 16.5. The Morgan fingerprint density at radius 1 is 1.23 bits per heavy atom. The molecule has 0 aliphatic carbocycles. The van der Waals surface area contributed by atoms with E-state index < -0.39 is 0 Å². The first-order valence-corrected chi connectivity index (χ1v) is 5.62. The molecule has 80 valence electrons. The maximum absolute atomic E-state index is 5.54. The molecule has 0 rings (SSSR count). The molecule has 0 bridgehead atoms. The van der Waals surface area contributed by atoms with Gasteiger partial charge in [0.2, 0.25) is 0 Å². The monoisotopic (exact) mass is 187 g/mol. The van der Waals surface area contributed by atoms with Gasteiger partial charge < -0.3 is 10.5 Å². The highest BCUT2D eigenvalue weighted by molar-refractivity contribution is 4.55. The van der Waals surface area contributed by atoms with Crippen molar-refractivity contribution in [3.63, 3.8) is 0 Å². The second kappa shape index (κ2) is 10.0. The SMILES string of the molecule is CCCC[C@@H](CC)COCCCN. The van der Waals surface area contributed by atoms with E-state index in [1.54, 1.807) is 0 Å². The van der Waals surface area contributed by atoms with Crippen molar-refractivity contribution in [2.45, 2.75) is 46.0 Å². The van der Waals surface area contributed by atoms with Gasteiger partial charge in [-0.2, -0.15) is 0 Å². The summed E-state index contributed by atoms with van der Waals surface area (Å²) in [6.07, 6.45) is 6.17. The van der Waals surface area contributed by atoms with Gasteiger partial charge in [-0.1, -0.05) is 33.1 Å². The molecule has 0 amide bonds. The van der Waals surface area contributed by atoms with Crippen molar-refractivity contribution in [3.8, 4) is 0 Å². The van der Waals surface area contributed by atoms with Crippen LogP contribution in [-0.2, 0) is 4.74 Å². The molecule has 0 saturated heterocycles. The van der Waals surface area contributed by atoms with Gasteiger partial charge in [0.25, 0.3) is 0 Å². The van der Waals surface area contributed by atoms with E-state index in [2.05, 4.69) is 13.8 Å². The minimum absolute atomic E-state index is 0.742. The summed E-state index contributed by atoms with van der Waals surface area (Å²) in [5.74, 6) is 0.762. The van der Waals surface area contributed by atoms with E-state index in [4.69, 9.17) is 10.5 Å².